The second-order valence-corrected chi connectivity index (χ2v) is 9.62. The van der Waals surface area contributed by atoms with Crippen LogP contribution in [-0.2, 0) is 21.5 Å². The van der Waals surface area contributed by atoms with Crippen LogP contribution in [0.5, 0.6) is 0 Å². The summed E-state index contributed by atoms with van der Waals surface area (Å²) < 4.78 is 28.5. The van der Waals surface area contributed by atoms with Crippen LogP contribution < -0.4 is 5.32 Å². The molecule has 6 nitrogen and oxygen atoms in total. The molecule has 3 rings (SSSR count). The predicted octanol–water partition coefficient (Wildman–Crippen LogP) is 3.45. The Labute approximate surface area is 175 Å². The van der Waals surface area contributed by atoms with Crippen molar-refractivity contribution in [1.82, 2.24) is 8.61 Å². The minimum absolute atomic E-state index is 0.190. The Balaban J connectivity index is 1.68. The van der Waals surface area contributed by atoms with E-state index in [2.05, 4.69) is 5.32 Å². The Morgan fingerprint density at radius 1 is 1.14 bits per heavy atom. The number of thioether (sulfide) groups is 1. The van der Waals surface area contributed by atoms with Gasteiger partial charge in [-0.05, 0) is 42.5 Å². The molecule has 0 spiro atoms. The monoisotopic (exact) mass is 439 g/mol. The number of halogens is 1. The van der Waals surface area contributed by atoms with Crippen LogP contribution in [0.25, 0.3) is 0 Å². The minimum atomic E-state index is -3.74. The van der Waals surface area contributed by atoms with Crippen molar-refractivity contribution in [2.24, 2.45) is 0 Å². The number of carbonyl (C=O) groups excluding carboxylic acids is 1. The Kier molecular flexibility index (Phi) is 7.00. The fraction of sp³-hybridized carbons (Fsp3) is 0.316. The molecule has 1 amide bonds. The molecule has 1 N–H and O–H groups in total. The second kappa shape index (κ2) is 9.28. The lowest BCUT2D eigenvalue weighted by Crippen LogP contribution is -2.51. The third kappa shape index (κ3) is 5.07. The van der Waals surface area contributed by atoms with Crippen LogP contribution in [0.4, 0.5) is 5.69 Å². The molecule has 9 heteroatoms. The number of benzene rings is 2. The van der Waals surface area contributed by atoms with Crippen LogP contribution in [-0.4, -0.2) is 48.8 Å². The molecule has 1 fully saturated rings. The van der Waals surface area contributed by atoms with E-state index >= 15 is 0 Å². The molecule has 1 saturated heterocycles. The van der Waals surface area contributed by atoms with E-state index in [0.717, 1.165) is 10.5 Å². The average Bonchev–Trinajstić information content (AvgIpc) is 2.67. The average molecular weight is 440 g/mol. The quantitative estimate of drug-likeness (QED) is 0.700. The number of carbonyl (C=O) groups is 1. The molecule has 0 aromatic heterocycles. The molecule has 0 aliphatic carbocycles. The molecular formula is C19H22ClN3O3S2. The van der Waals surface area contributed by atoms with Crippen LogP contribution >= 0.6 is 23.4 Å². The van der Waals surface area contributed by atoms with Gasteiger partial charge in [0.1, 0.15) is 0 Å². The zero-order valence-electron chi connectivity index (χ0n) is 15.5. The van der Waals surface area contributed by atoms with Gasteiger partial charge in [0, 0.05) is 35.2 Å². The first-order chi connectivity index (χ1) is 13.4. The summed E-state index contributed by atoms with van der Waals surface area (Å²) in [4.78, 5) is 13.4. The fourth-order valence-corrected chi connectivity index (χ4v) is 5.30. The Bertz CT molecular complexity index is 953. The van der Waals surface area contributed by atoms with Gasteiger partial charge >= 0.3 is 0 Å². The highest BCUT2D eigenvalue weighted by atomic mass is 35.5. The first kappa shape index (κ1) is 21.1. The standard InChI is InChI=1S/C19H22ClN3O3S2/c1-27-17-8-4-7-16(12-17)21-19(24)14-23-11-5-10-22(28(23,25)26)13-15-6-2-3-9-18(15)20/h2-4,6-9,12H,5,10-11,13-14H2,1H3,(H,21,24). The van der Waals surface area contributed by atoms with Crippen LogP contribution in [0.2, 0.25) is 5.02 Å². The molecule has 1 aliphatic heterocycles. The maximum absolute atomic E-state index is 12.9. The van der Waals surface area contributed by atoms with E-state index in [1.807, 2.05) is 36.6 Å². The summed E-state index contributed by atoms with van der Waals surface area (Å²) in [5.41, 5.74) is 1.40. The molecule has 1 aliphatic rings. The van der Waals surface area contributed by atoms with E-state index in [9.17, 15) is 13.2 Å². The van der Waals surface area contributed by atoms with Gasteiger partial charge in [0.15, 0.2) is 0 Å². The molecule has 0 radical (unpaired) electrons. The lowest BCUT2D eigenvalue weighted by atomic mass is 10.2. The van der Waals surface area contributed by atoms with Crippen molar-refractivity contribution < 1.29 is 13.2 Å². The van der Waals surface area contributed by atoms with Gasteiger partial charge < -0.3 is 5.32 Å². The molecule has 2 aromatic carbocycles. The normalized spacial score (nSPS) is 17.4. The Morgan fingerprint density at radius 3 is 2.64 bits per heavy atom. The van der Waals surface area contributed by atoms with Crippen molar-refractivity contribution in [2.75, 3.05) is 31.2 Å². The second-order valence-electron chi connectivity index (χ2n) is 6.40. The van der Waals surface area contributed by atoms with Crippen molar-refractivity contribution in [3.05, 3.63) is 59.1 Å². The van der Waals surface area contributed by atoms with Crippen molar-refractivity contribution in [1.29, 1.82) is 0 Å². The number of hydrogen-bond acceptors (Lipinski definition) is 4. The summed E-state index contributed by atoms with van der Waals surface area (Å²) in [6.45, 7) is 0.696. The van der Waals surface area contributed by atoms with Crippen LogP contribution in [0.15, 0.2) is 53.4 Å². The van der Waals surface area contributed by atoms with E-state index in [-0.39, 0.29) is 19.0 Å². The fourth-order valence-electron chi connectivity index (χ4n) is 3.02. The first-order valence-electron chi connectivity index (χ1n) is 8.82. The van der Waals surface area contributed by atoms with E-state index in [0.29, 0.717) is 30.2 Å². The molecule has 28 heavy (non-hydrogen) atoms. The number of nitrogens with zero attached hydrogens (tertiary/aromatic N) is 2. The Morgan fingerprint density at radius 2 is 1.89 bits per heavy atom. The number of hydrogen-bond donors (Lipinski definition) is 1. The zero-order chi connectivity index (χ0) is 20.1. The van der Waals surface area contributed by atoms with Crippen molar-refractivity contribution in [2.45, 2.75) is 17.9 Å². The van der Waals surface area contributed by atoms with Gasteiger partial charge in [0.05, 0.1) is 6.54 Å². The van der Waals surface area contributed by atoms with Crippen molar-refractivity contribution >= 4 is 45.2 Å². The maximum Gasteiger partial charge on any atom is 0.282 e. The van der Waals surface area contributed by atoms with Crippen molar-refractivity contribution in [3.63, 3.8) is 0 Å². The van der Waals surface area contributed by atoms with E-state index < -0.39 is 10.2 Å². The number of anilines is 1. The minimum Gasteiger partial charge on any atom is -0.325 e. The van der Waals surface area contributed by atoms with Crippen LogP contribution in [0.1, 0.15) is 12.0 Å². The van der Waals surface area contributed by atoms with Crippen LogP contribution in [0, 0.1) is 0 Å². The predicted molar refractivity (Wildman–Crippen MR) is 114 cm³/mol. The molecule has 1 heterocycles. The van der Waals surface area contributed by atoms with E-state index in [4.69, 9.17) is 11.6 Å². The maximum atomic E-state index is 12.9. The topological polar surface area (TPSA) is 69.7 Å². The van der Waals surface area contributed by atoms with Gasteiger partial charge in [-0.1, -0.05) is 35.9 Å². The molecule has 0 saturated carbocycles. The third-order valence-electron chi connectivity index (χ3n) is 4.45. The molecule has 2 aromatic rings. The third-order valence-corrected chi connectivity index (χ3v) is 7.47. The summed E-state index contributed by atoms with van der Waals surface area (Å²) in [6.07, 6.45) is 2.60. The van der Waals surface area contributed by atoms with Gasteiger partial charge in [0.2, 0.25) is 5.91 Å². The van der Waals surface area contributed by atoms with Gasteiger partial charge in [-0.3, -0.25) is 4.79 Å². The van der Waals surface area contributed by atoms with Crippen molar-refractivity contribution in [3.8, 4) is 0 Å². The zero-order valence-corrected chi connectivity index (χ0v) is 17.9. The molecule has 0 bridgehead atoms. The van der Waals surface area contributed by atoms with Gasteiger partial charge in [-0.15, -0.1) is 11.8 Å². The number of nitrogens with one attached hydrogen (secondary N) is 1. The smallest absolute Gasteiger partial charge is 0.282 e. The lowest BCUT2D eigenvalue weighted by molar-refractivity contribution is -0.116. The highest BCUT2D eigenvalue weighted by Gasteiger charge is 2.34. The Hall–Kier alpha value is -1.58. The SMILES string of the molecule is CSc1cccc(NC(=O)CN2CCCN(Cc3ccccc3Cl)S2(=O)=O)c1. The van der Waals surface area contributed by atoms with Gasteiger partial charge in [-0.2, -0.15) is 17.0 Å². The van der Waals surface area contributed by atoms with Gasteiger partial charge in [-0.25, -0.2) is 0 Å². The highest BCUT2D eigenvalue weighted by Crippen LogP contribution is 2.23. The summed E-state index contributed by atoms with van der Waals surface area (Å²) in [7, 11) is -3.74. The highest BCUT2D eigenvalue weighted by molar-refractivity contribution is 7.98. The summed E-state index contributed by atoms with van der Waals surface area (Å²) in [6, 6.07) is 14.6. The number of rotatable bonds is 6. The summed E-state index contributed by atoms with van der Waals surface area (Å²) in [5.74, 6) is -0.360. The molecule has 0 unspecified atom stereocenters. The number of amides is 1. The van der Waals surface area contributed by atoms with Gasteiger partial charge in [0.25, 0.3) is 10.2 Å². The molecule has 0 atom stereocenters. The molecule has 150 valence electrons. The van der Waals surface area contributed by atoms with Crippen LogP contribution in [0.3, 0.4) is 0 Å². The first-order valence-corrected chi connectivity index (χ1v) is 11.8. The molecular weight excluding hydrogens is 418 g/mol. The van der Waals surface area contributed by atoms with E-state index in [1.165, 1.54) is 8.61 Å². The largest absolute Gasteiger partial charge is 0.325 e. The van der Waals surface area contributed by atoms with E-state index in [1.54, 1.807) is 30.0 Å². The lowest BCUT2D eigenvalue weighted by Gasteiger charge is -2.34. The summed E-state index contributed by atoms with van der Waals surface area (Å²) >= 11 is 7.74. The summed E-state index contributed by atoms with van der Waals surface area (Å²) in [5, 5.41) is 3.31.